The van der Waals surface area contributed by atoms with Crippen molar-refractivity contribution in [3.05, 3.63) is 12.2 Å². The summed E-state index contributed by atoms with van der Waals surface area (Å²) >= 11 is 0. The molecule has 0 aromatic carbocycles. The van der Waals surface area contributed by atoms with Crippen molar-refractivity contribution in [3.8, 4) is 0 Å². The van der Waals surface area contributed by atoms with Crippen molar-refractivity contribution >= 4 is 0 Å². The van der Waals surface area contributed by atoms with Gasteiger partial charge >= 0.3 is 0 Å². The molecule has 0 aliphatic carbocycles. The lowest BCUT2D eigenvalue weighted by molar-refractivity contribution is -0.0290. The Morgan fingerprint density at radius 3 is 2.29 bits per heavy atom. The van der Waals surface area contributed by atoms with Gasteiger partial charge in [-0.15, -0.1) is 0 Å². The minimum absolute atomic E-state index is 0.286. The first-order valence-corrected chi connectivity index (χ1v) is 5.69. The molecule has 0 spiro atoms. The number of hydrogen-bond donors (Lipinski definition) is 0. The Morgan fingerprint density at radius 1 is 1.21 bits per heavy atom. The fourth-order valence-corrected chi connectivity index (χ4v) is 2.62. The lowest BCUT2D eigenvalue weighted by Crippen LogP contribution is -2.60. The quantitative estimate of drug-likeness (QED) is 0.579. The van der Waals surface area contributed by atoms with Crippen LogP contribution in [0.5, 0.6) is 0 Å². The molecule has 0 aromatic rings. The molecule has 1 fully saturated rings. The zero-order chi connectivity index (χ0) is 11.0. The zero-order valence-electron chi connectivity index (χ0n) is 10.6. The lowest BCUT2D eigenvalue weighted by atomic mass is 9.72. The van der Waals surface area contributed by atoms with Crippen LogP contribution in [0, 0.1) is 5.92 Å². The fourth-order valence-electron chi connectivity index (χ4n) is 2.62. The largest absolute Gasteiger partial charge is 0.296 e. The molecule has 1 heterocycles. The monoisotopic (exact) mass is 195 g/mol. The van der Waals surface area contributed by atoms with E-state index in [9.17, 15) is 0 Å². The normalized spacial score (nSPS) is 32.3. The number of rotatable bonds is 1. The predicted octanol–water partition coefficient (Wildman–Crippen LogP) is 3.46. The second kappa shape index (κ2) is 3.69. The SMILES string of the molecule is CC=CC1CCC(C)(C)N(C)C1(C)C. The number of hydrogen-bond acceptors (Lipinski definition) is 1. The van der Waals surface area contributed by atoms with Crippen molar-refractivity contribution in [2.75, 3.05) is 7.05 Å². The van der Waals surface area contributed by atoms with E-state index in [4.69, 9.17) is 0 Å². The minimum Gasteiger partial charge on any atom is -0.296 e. The summed E-state index contributed by atoms with van der Waals surface area (Å²) in [6.07, 6.45) is 7.17. The van der Waals surface area contributed by atoms with Gasteiger partial charge in [0.05, 0.1) is 0 Å². The Balaban J connectivity index is 2.90. The molecule has 1 atom stereocenters. The van der Waals surface area contributed by atoms with Crippen LogP contribution in [0.2, 0.25) is 0 Å². The first-order chi connectivity index (χ1) is 6.32. The Labute approximate surface area is 89.2 Å². The summed E-state index contributed by atoms with van der Waals surface area (Å²) in [7, 11) is 2.26. The molecule has 82 valence electrons. The molecule has 1 heteroatoms. The van der Waals surface area contributed by atoms with E-state index in [0.717, 1.165) is 0 Å². The Hall–Kier alpha value is -0.300. The smallest absolute Gasteiger partial charge is 0.0218 e. The highest BCUT2D eigenvalue weighted by atomic mass is 15.2. The van der Waals surface area contributed by atoms with Crippen molar-refractivity contribution in [2.24, 2.45) is 5.92 Å². The molecule has 0 amide bonds. The summed E-state index contributed by atoms with van der Waals surface area (Å²) in [6.45, 7) is 11.5. The second-order valence-electron chi connectivity index (χ2n) is 5.70. The molecule has 1 nitrogen and oxygen atoms in total. The van der Waals surface area contributed by atoms with Gasteiger partial charge in [0.15, 0.2) is 0 Å². The van der Waals surface area contributed by atoms with E-state index < -0.39 is 0 Å². The molecule has 1 aliphatic rings. The van der Waals surface area contributed by atoms with Crippen molar-refractivity contribution in [3.63, 3.8) is 0 Å². The average Bonchev–Trinajstić information content (AvgIpc) is 2.08. The highest BCUT2D eigenvalue weighted by Crippen LogP contribution is 2.41. The molecule has 0 N–H and O–H groups in total. The number of piperidine rings is 1. The number of allylic oxidation sites excluding steroid dienone is 1. The topological polar surface area (TPSA) is 3.24 Å². The van der Waals surface area contributed by atoms with Gasteiger partial charge < -0.3 is 0 Å². The van der Waals surface area contributed by atoms with Crippen LogP contribution in [-0.2, 0) is 0 Å². The summed E-state index contributed by atoms with van der Waals surface area (Å²) in [5.41, 5.74) is 0.635. The van der Waals surface area contributed by atoms with Crippen LogP contribution in [0.4, 0.5) is 0 Å². The maximum absolute atomic E-state index is 2.54. The summed E-state index contributed by atoms with van der Waals surface area (Å²) in [4.78, 5) is 2.54. The second-order valence-corrected chi connectivity index (χ2v) is 5.70. The first kappa shape index (κ1) is 11.8. The Kier molecular flexibility index (Phi) is 3.10. The summed E-state index contributed by atoms with van der Waals surface area (Å²) in [5.74, 6) is 0.700. The van der Waals surface area contributed by atoms with Gasteiger partial charge in [0.2, 0.25) is 0 Å². The van der Waals surface area contributed by atoms with Gasteiger partial charge in [-0.05, 0) is 60.4 Å². The molecular formula is C13H25N. The fraction of sp³-hybridized carbons (Fsp3) is 0.846. The van der Waals surface area contributed by atoms with E-state index in [2.05, 4.69) is 58.7 Å². The van der Waals surface area contributed by atoms with Crippen molar-refractivity contribution in [1.29, 1.82) is 0 Å². The minimum atomic E-state index is 0.286. The zero-order valence-corrected chi connectivity index (χ0v) is 10.6. The maximum atomic E-state index is 2.54. The average molecular weight is 195 g/mol. The van der Waals surface area contributed by atoms with Gasteiger partial charge in [0, 0.05) is 11.1 Å². The third-order valence-corrected chi connectivity index (χ3v) is 4.17. The van der Waals surface area contributed by atoms with Crippen LogP contribution in [-0.4, -0.2) is 23.0 Å². The molecule has 14 heavy (non-hydrogen) atoms. The highest BCUT2D eigenvalue weighted by Gasteiger charge is 2.43. The van der Waals surface area contributed by atoms with Gasteiger partial charge in [0.25, 0.3) is 0 Å². The van der Waals surface area contributed by atoms with Gasteiger partial charge in [-0.3, -0.25) is 4.90 Å². The summed E-state index contributed by atoms with van der Waals surface area (Å²) < 4.78 is 0. The Bertz CT molecular complexity index is 225. The van der Waals surface area contributed by atoms with E-state index in [-0.39, 0.29) is 5.54 Å². The predicted molar refractivity (Wildman–Crippen MR) is 63.5 cm³/mol. The van der Waals surface area contributed by atoms with E-state index in [0.29, 0.717) is 11.5 Å². The van der Waals surface area contributed by atoms with Crippen LogP contribution < -0.4 is 0 Å². The maximum Gasteiger partial charge on any atom is 0.0218 e. The third kappa shape index (κ3) is 1.88. The first-order valence-electron chi connectivity index (χ1n) is 5.69. The van der Waals surface area contributed by atoms with Gasteiger partial charge in [-0.2, -0.15) is 0 Å². The third-order valence-electron chi connectivity index (χ3n) is 4.17. The molecule has 0 bridgehead atoms. The van der Waals surface area contributed by atoms with Gasteiger partial charge in [-0.25, -0.2) is 0 Å². The molecular weight excluding hydrogens is 170 g/mol. The van der Waals surface area contributed by atoms with Crippen LogP contribution >= 0.6 is 0 Å². The van der Waals surface area contributed by atoms with Crippen molar-refractivity contribution in [1.82, 2.24) is 4.90 Å². The Morgan fingerprint density at radius 2 is 1.79 bits per heavy atom. The molecule has 0 aromatic heterocycles. The molecule has 1 rings (SSSR count). The number of nitrogens with zero attached hydrogens (tertiary/aromatic N) is 1. The molecule has 1 unspecified atom stereocenters. The van der Waals surface area contributed by atoms with E-state index >= 15 is 0 Å². The van der Waals surface area contributed by atoms with E-state index in [1.54, 1.807) is 0 Å². The molecule has 1 saturated heterocycles. The molecule has 0 saturated carbocycles. The summed E-state index contributed by atoms with van der Waals surface area (Å²) in [6, 6.07) is 0. The van der Waals surface area contributed by atoms with Crippen molar-refractivity contribution < 1.29 is 0 Å². The van der Waals surface area contributed by atoms with E-state index in [1.807, 2.05) is 0 Å². The van der Waals surface area contributed by atoms with Crippen LogP contribution in [0.15, 0.2) is 12.2 Å². The molecule has 0 radical (unpaired) electrons. The van der Waals surface area contributed by atoms with Crippen LogP contribution in [0.3, 0.4) is 0 Å². The standard InChI is InChI=1S/C13H25N/c1-7-8-11-9-10-12(2,3)14(6)13(11,4)5/h7-8,11H,9-10H2,1-6H3. The molecule has 1 aliphatic heterocycles. The van der Waals surface area contributed by atoms with Crippen molar-refractivity contribution in [2.45, 2.75) is 58.5 Å². The lowest BCUT2D eigenvalue weighted by Gasteiger charge is -2.54. The summed E-state index contributed by atoms with van der Waals surface area (Å²) in [5, 5.41) is 0. The number of likely N-dealkylation sites (tertiary alicyclic amines) is 1. The van der Waals surface area contributed by atoms with E-state index in [1.165, 1.54) is 12.8 Å². The highest BCUT2D eigenvalue weighted by molar-refractivity contribution is 5.06. The van der Waals surface area contributed by atoms with Gasteiger partial charge in [0.1, 0.15) is 0 Å². The van der Waals surface area contributed by atoms with Gasteiger partial charge in [-0.1, -0.05) is 12.2 Å². The van der Waals surface area contributed by atoms with Crippen LogP contribution in [0.25, 0.3) is 0 Å². The van der Waals surface area contributed by atoms with Crippen LogP contribution in [0.1, 0.15) is 47.5 Å².